The number of fused-ring (bicyclic) bond motifs is 8. The minimum Gasteiger partial charge on any atom is -0.458 e. The molecular weight excluding hydrogens is 806 g/mol. The number of benzene rings is 2. The van der Waals surface area contributed by atoms with Gasteiger partial charge in [0.15, 0.2) is 11.5 Å². The van der Waals surface area contributed by atoms with Crippen LogP contribution in [0.5, 0.6) is 6.01 Å². The van der Waals surface area contributed by atoms with Gasteiger partial charge in [-0.25, -0.2) is 27.8 Å². The van der Waals surface area contributed by atoms with Gasteiger partial charge in [0.05, 0.1) is 53.5 Å². The van der Waals surface area contributed by atoms with E-state index in [1.165, 1.54) is 29.1 Å². The minimum absolute atomic E-state index is 0.00590. The molecule has 5 aliphatic heterocycles. The molecule has 6 aliphatic rings. The van der Waals surface area contributed by atoms with Crippen molar-refractivity contribution >= 4 is 45.6 Å². The average Bonchev–Trinajstić information content (AvgIpc) is 3.74. The topological polar surface area (TPSA) is 153 Å². The van der Waals surface area contributed by atoms with E-state index in [-0.39, 0.29) is 66.7 Å². The van der Waals surface area contributed by atoms with E-state index in [1.807, 2.05) is 40.0 Å². The second-order valence-electron chi connectivity index (χ2n) is 17.2. The Balaban J connectivity index is 1.05. The zero-order valence-electron chi connectivity index (χ0n) is 34.5. The number of anilines is 2. The summed E-state index contributed by atoms with van der Waals surface area (Å²) in [5, 5.41) is 4.95. The summed E-state index contributed by atoms with van der Waals surface area (Å²) < 4.78 is 60.9. The lowest BCUT2D eigenvalue weighted by Gasteiger charge is -2.62. The number of amides is 2. The highest BCUT2D eigenvalue weighted by Crippen LogP contribution is 2.48. The first-order valence-corrected chi connectivity index (χ1v) is 21.0. The van der Waals surface area contributed by atoms with Gasteiger partial charge in [-0.05, 0) is 57.9 Å². The van der Waals surface area contributed by atoms with Crippen molar-refractivity contribution in [2.24, 2.45) is 0 Å². The largest absolute Gasteiger partial charge is 0.458 e. The molecule has 320 valence electrons. The summed E-state index contributed by atoms with van der Waals surface area (Å²) >= 11 is 0. The molecule has 1 aliphatic carbocycles. The molecule has 0 N–H and O–H groups in total. The van der Waals surface area contributed by atoms with E-state index >= 15 is 8.78 Å². The third kappa shape index (κ3) is 6.06. The lowest BCUT2D eigenvalue weighted by atomic mass is 9.75. The monoisotopic (exact) mass is 848 g/mol. The molecule has 0 unspecified atom stereocenters. The highest BCUT2D eigenvalue weighted by Gasteiger charge is 2.62. The van der Waals surface area contributed by atoms with Crippen molar-refractivity contribution in [3.8, 4) is 23.0 Å². The van der Waals surface area contributed by atoms with Gasteiger partial charge in [0, 0.05) is 69.5 Å². The molecule has 12 rings (SSSR count). The molecule has 2 aromatic carbocycles. The van der Waals surface area contributed by atoms with Crippen molar-refractivity contribution in [3.63, 3.8) is 0 Å². The summed E-state index contributed by atoms with van der Waals surface area (Å²) in [6.07, 6.45) is 4.68. The van der Waals surface area contributed by atoms with Gasteiger partial charge in [-0.3, -0.25) is 9.59 Å². The Labute approximate surface area is 353 Å². The van der Waals surface area contributed by atoms with Gasteiger partial charge < -0.3 is 33.6 Å². The standard InChI is InChI=1S/C43H43F3N12O4/c1-5-61-28-19-53(4)39(59)35-15-27(62-42-47-11-10-32(50-42)29-12-24(45)14-33-36(29)54(21-28)22(2)49-33)20-56(35)37-30-17-48-58(34-9-6-23(44)13-31(34)46)38(30)52-41(51-37)57-26-16-43(57,3)40(60)55(18-26)25-7-8-25/h6,9-14,17,25-28,35H,5,7-8,15-16,18-21H2,1-4H3/t26-,27-,28-,35-,43+/m0/s1. The van der Waals surface area contributed by atoms with Crippen LogP contribution in [0.25, 0.3) is 39.0 Å². The van der Waals surface area contributed by atoms with Crippen molar-refractivity contribution < 1.29 is 32.2 Å². The zero-order chi connectivity index (χ0) is 42.8. The molecule has 0 spiro atoms. The summed E-state index contributed by atoms with van der Waals surface area (Å²) in [5.41, 5.74) is 1.31. The van der Waals surface area contributed by atoms with Crippen molar-refractivity contribution in [2.75, 3.05) is 43.1 Å². The first-order valence-electron chi connectivity index (χ1n) is 21.0. The number of ether oxygens (including phenoxy) is 2. The number of hydrogen-bond donors (Lipinski definition) is 0. The van der Waals surface area contributed by atoms with Crippen molar-refractivity contribution in [3.05, 3.63) is 72.1 Å². The fraction of sp³-hybridized carbons (Fsp3) is 0.442. The molecule has 6 aromatic rings. The Hall–Kier alpha value is -6.37. The Kier molecular flexibility index (Phi) is 8.75. The second-order valence-corrected chi connectivity index (χ2v) is 17.2. The molecule has 5 atom stereocenters. The molecule has 0 radical (unpaired) electrons. The van der Waals surface area contributed by atoms with E-state index in [4.69, 9.17) is 24.4 Å². The van der Waals surface area contributed by atoms with Crippen LogP contribution >= 0.6 is 0 Å². The van der Waals surface area contributed by atoms with Gasteiger partial charge >= 0.3 is 6.01 Å². The lowest BCUT2D eigenvalue weighted by Crippen LogP contribution is -2.79. The van der Waals surface area contributed by atoms with E-state index in [0.717, 1.165) is 25.0 Å². The number of imidazole rings is 1. The lowest BCUT2D eigenvalue weighted by molar-refractivity contribution is -0.147. The van der Waals surface area contributed by atoms with Crippen molar-refractivity contribution in [1.82, 2.24) is 49.1 Å². The van der Waals surface area contributed by atoms with Gasteiger partial charge in [-0.2, -0.15) is 20.1 Å². The number of piperidine rings is 1. The molecule has 9 heterocycles. The van der Waals surface area contributed by atoms with E-state index < -0.39 is 41.2 Å². The maximum absolute atomic E-state index is 15.5. The van der Waals surface area contributed by atoms with Gasteiger partial charge in [0.2, 0.25) is 17.8 Å². The number of piperazine rings is 1. The zero-order valence-corrected chi connectivity index (χ0v) is 34.5. The summed E-state index contributed by atoms with van der Waals surface area (Å²) in [5.74, 6) is -1.11. The number of rotatable bonds is 6. The number of aryl methyl sites for hydroxylation is 1. The van der Waals surface area contributed by atoms with Crippen LogP contribution in [0, 0.1) is 24.4 Å². The highest BCUT2D eigenvalue weighted by atomic mass is 19.1. The number of nitrogens with zero attached hydrogens (tertiary/aromatic N) is 12. The summed E-state index contributed by atoms with van der Waals surface area (Å²) in [6.45, 7) is 7.17. The van der Waals surface area contributed by atoms with Crippen LogP contribution in [-0.4, -0.2) is 130 Å². The molecular formula is C43H43F3N12O4. The molecule has 6 bridgehead atoms. The third-order valence-electron chi connectivity index (χ3n) is 13.0. The summed E-state index contributed by atoms with van der Waals surface area (Å²) in [4.78, 5) is 60.4. The number of hydrogen-bond acceptors (Lipinski definition) is 12. The maximum Gasteiger partial charge on any atom is 0.317 e. The Bertz CT molecular complexity index is 2830. The van der Waals surface area contributed by atoms with Gasteiger partial charge in [0.1, 0.15) is 46.6 Å². The van der Waals surface area contributed by atoms with Crippen LogP contribution in [0.3, 0.4) is 0 Å². The molecule has 4 saturated heterocycles. The molecule has 5 fully saturated rings. The van der Waals surface area contributed by atoms with Crippen LogP contribution in [0.15, 0.2) is 48.8 Å². The van der Waals surface area contributed by atoms with Crippen LogP contribution < -0.4 is 14.5 Å². The maximum atomic E-state index is 15.5. The predicted molar refractivity (Wildman–Crippen MR) is 219 cm³/mol. The Morgan fingerprint density at radius 2 is 1.77 bits per heavy atom. The molecule has 19 heteroatoms. The van der Waals surface area contributed by atoms with Crippen LogP contribution in [-0.2, 0) is 20.9 Å². The number of carbonyl (C=O) groups excluding carboxylic acids is 2. The highest BCUT2D eigenvalue weighted by molar-refractivity contribution is 5.97. The Morgan fingerprint density at radius 3 is 2.56 bits per heavy atom. The fourth-order valence-corrected chi connectivity index (χ4v) is 10.1. The number of aromatic nitrogens is 8. The number of halogens is 3. The van der Waals surface area contributed by atoms with Gasteiger partial charge in [-0.1, -0.05) is 0 Å². The SMILES string of the molecule is CCO[C@H]1CN(C)C(=O)[C@@H]2C[C@@H](CN2c2nc(N3[C@@H]4CN(C5CC5)C(=O)[C@@]3(C)C4)nc3c2cnn3-c2ccc(F)cc2F)Oc2nccc(n2)-c2cc(F)cc3nc(C)n(c23)C1. The van der Waals surface area contributed by atoms with Crippen molar-refractivity contribution in [2.45, 2.75) is 88.9 Å². The first kappa shape index (κ1) is 38.5. The molecule has 1 saturated carbocycles. The van der Waals surface area contributed by atoms with E-state index in [9.17, 15) is 14.0 Å². The van der Waals surface area contributed by atoms with Gasteiger partial charge in [-0.15, -0.1) is 0 Å². The fourth-order valence-electron chi connectivity index (χ4n) is 10.1. The van der Waals surface area contributed by atoms with Crippen LogP contribution in [0.4, 0.5) is 24.9 Å². The number of carbonyl (C=O) groups is 2. The van der Waals surface area contributed by atoms with E-state index in [0.29, 0.717) is 65.4 Å². The van der Waals surface area contributed by atoms with E-state index in [2.05, 4.69) is 15.1 Å². The number of likely N-dealkylation sites (N-methyl/N-ethyl adjacent to an activating group) is 1. The minimum atomic E-state index is -0.920. The van der Waals surface area contributed by atoms with Crippen molar-refractivity contribution in [1.29, 1.82) is 0 Å². The summed E-state index contributed by atoms with van der Waals surface area (Å²) in [6, 6.07) is 7.06. The smallest absolute Gasteiger partial charge is 0.317 e. The normalized spacial score (nSPS) is 25.0. The second kappa shape index (κ2) is 14.1. The molecule has 62 heavy (non-hydrogen) atoms. The molecule has 2 amide bonds. The Morgan fingerprint density at radius 1 is 0.935 bits per heavy atom. The summed E-state index contributed by atoms with van der Waals surface area (Å²) in [7, 11) is 1.72. The third-order valence-corrected chi connectivity index (χ3v) is 13.0. The van der Waals surface area contributed by atoms with Crippen LogP contribution in [0.2, 0.25) is 0 Å². The van der Waals surface area contributed by atoms with Crippen LogP contribution in [0.1, 0.15) is 45.4 Å². The molecule has 16 nitrogen and oxygen atoms in total. The van der Waals surface area contributed by atoms with Gasteiger partial charge in [0.25, 0.3) is 0 Å². The quantitative estimate of drug-likeness (QED) is 0.231. The average molecular weight is 849 g/mol. The molecule has 4 aromatic heterocycles. The van der Waals surface area contributed by atoms with E-state index in [1.54, 1.807) is 24.2 Å². The first-order chi connectivity index (χ1) is 29.9. The predicted octanol–water partition coefficient (Wildman–Crippen LogP) is 4.59.